The lowest BCUT2D eigenvalue weighted by Gasteiger charge is -2.29. The minimum absolute atomic E-state index is 0.160. The number of nitrogens with one attached hydrogen (secondary N) is 2. The molecule has 1 aliphatic heterocycles. The van der Waals surface area contributed by atoms with Crippen molar-refractivity contribution in [1.29, 1.82) is 0 Å². The van der Waals surface area contributed by atoms with Gasteiger partial charge in [0.05, 0.1) is 5.57 Å². The molecule has 2 aromatic carbocycles. The van der Waals surface area contributed by atoms with Crippen molar-refractivity contribution in [3.63, 3.8) is 0 Å². The average Bonchev–Trinajstić information content (AvgIpc) is 3.16. The highest BCUT2D eigenvalue weighted by Crippen LogP contribution is 2.35. The third kappa shape index (κ3) is 3.47. The van der Waals surface area contributed by atoms with E-state index in [0.717, 1.165) is 28.2 Å². The molecule has 0 fully saturated rings. The van der Waals surface area contributed by atoms with E-state index in [1.165, 1.54) is 6.33 Å². The number of carbonyl (C=O) groups is 1. The molecule has 1 amide bonds. The molecule has 29 heavy (non-hydrogen) atoms. The molecule has 148 valence electrons. The van der Waals surface area contributed by atoms with E-state index >= 15 is 0 Å². The summed E-state index contributed by atoms with van der Waals surface area (Å²) in [5, 5.41) is 10.6. The lowest BCUT2D eigenvalue weighted by atomic mass is 9.94. The van der Waals surface area contributed by atoms with Crippen LogP contribution in [0.25, 0.3) is 0 Å². The molecule has 4 rings (SSSR count). The van der Waals surface area contributed by atoms with E-state index in [1.807, 2.05) is 81.4 Å². The molecule has 1 aromatic heterocycles. The summed E-state index contributed by atoms with van der Waals surface area (Å²) in [6.07, 6.45) is 1.50. The predicted molar refractivity (Wildman–Crippen MR) is 115 cm³/mol. The van der Waals surface area contributed by atoms with Crippen LogP contribution in [0.5, 0.6) is 0 Å². The van der Waals surface area contributed by atoms with Gasteiger partial charge in [0.25, 0.3) is 5.91 Å². The lowest BCUT2D eigenvalue weighted by Crippen LogP contribution is -2.31. The largest absolute Gasteiger partial charge is 0.378 e. The van der Waals surface area contributed by atoms with Crippen molar-refractivity contribution in [3.05, 3.63) is 77.3 Å². The molecule has 0 saturated carbocycles. The van der Waals surface area contributed by atoms with Crippen LogP contribution in [-0.4, -0.2) is 34.8 Å². The Labute approximate surface area is 170 Å². The van der Waals surface area contributed by atoms with Gasteiger partial charge in [0.1, 0.15) is 12.4 Å². The minimum atomic E-state index is -0.367. The van der Waals surface area contributed by atoms with Gasteiger partial charge in [-0.3, -0.25) is 4.79 Å². The quantitative estimate of drug-likeness (QED) is 0.715. The van der Waals surface area contributed by atoms with Crippen LogP contribution in [0, 0.1) is 6.92 Å². The number of anilines is 3. The molecule has 7 nitrogen and oxygen atoms in total. The zero-order valence-electron chi connectivity index (χ0n) is 17.0. The molecule has 3 aromatic rings. The van der Waals surface area contributed by atoms with Crippen LogP contribution in [0.2, 0.25) is 0 Å². The maximum absolute atomic E-state index is 13.3. The van der Waals surface area contributed by atoms with E-state index < -0.39 is 0 Å². The number of nitrogens with zero attached hydrogens (tertiary/aromatic N) is 4. The molecule has 0 saturated heterocycles. The van der Waals surface area contributed by atoms with Crippen LogP contribution < -0.4 is 15.5 Å². The van der Waals surface area contributed by atoms with Crippen molar-refractivity contribution in [2.45, 2.75) is 19.9 Å². The molecule has 0 spiro atoms. The number of hydrogen-bond acceptors (Lipinski definition) is 5. The number of aromatic nitrogens is 3. The Kier molecular flexibility index (Phi) is 4.80. The van der Waals surface area contributed by atoms with Crippen molar-refractivity contribution in [1.82, 2.24) is 14.8 Å². The van der Waals surface area contributed by atoms with Crippen LogP contribution in [0.3, 0.4) is 0 Å². The minimum Gasteiger partial charge on any atom is -0.378 e. The van der Waals surface area contributed by atoms with Crippen molar-refractivity contribution < 1.29 is 4.79 Å². The molecule has 1 unspecified atom stereocenters. The van der Waals surface area contributed by atoms with Crippen molar-refractivity contribution in [2.24, 2.45) is 0 Å². The molecule has 7 heteroatoms. The summed E-state index contributed by atoms with van der Waals surface area (Å²) in [5.41, 5.74) is 5.24. The second kappa shape index (κ2) is 7.43. The van der Waals surface area contributed by atoms with Crippen LogP contribution in [0.15, 0.2) is 66.1 Å². The molecule has 2 heterocycles. The Morgan fingerprint density at radius 2 is 1.83 bits per heavy atom. The SMILES string of the molecule is CC1=C(C(=O)Nc2ccccc2C)C(c2ccc(N(C)C)cc2)n2ncnc2N1. The number of allylic oxidation sites excluding steroid dienone is 1. The number of amides is 1. The molecule has 0 aliphatic carbocycles. The Morgan fingerprint density at radius 3 is 2.52 bits per heavy atom. The van der Waals surface area contributed by atoms with E-state index in [2.05, 4.69) is 20.7 Å². The van der Waals surface area contributed by atoms with E-state index in [4.69, 9.17) is 0 Å². The Morgan fingerprint density at radius 1 is 1.10 bits per heavy atom. The monoisotopic (exact) mass is 388 g/mol. The fraction of sp³-hybridized carbons (Fsp3) is 0.227. The smallest absolute Gasteiger partial charge is 0.255 e. The van der Waals surface area contributed by atoms with Crippen LogP contribution in [0.1, 0.15) is 24.1 Å². The number of aryl methyl sites for hydroxylation is 1. The highest BCUT2D eigenvalue weighted by molar-refractivity contribution is 6.06. The van der Waals surface area contributed by atoms with Crippen LogP contribution >= 0.6 is 0 Å². The van der Waals surface area contributed by atoms with Gasteiger partial charge in [-0.15, -0.1) is 0 Å². The van der Waals surface area contributed by atoms with Gasteiger partial charge in [-0.2, -0.15) is 10.1 Å². The lowest BCUT2D eigenvalue weighted by molar-refractivity contribution is -0.113. The number of rotatable bonds is 4. The normalized spacial score (nSPS) is 15.5. The van der Waals surface area contributed by atoms with E-state index in [9.17, 15) is 4.79 Å². The second-order valence-electron chi connectivity index (χ2n) is 7.35. The van der Waals surface area contributed by atoms with Crippen molar-refractivity contribution >= 4 is 23.2 Å². The first-order valence-electron chi connectivity index (χ1n) is 9.47. The zero-order chi connectivity index (χ0) is 20.5. The average molecular weight is 388 g/mol. The van der Waals surface area contributed by atoms with E-state index in [-0.39, 0.29) is 11.9 Å². The zero-order valence-corrected chi connectivity index (χ0v) is 17.0. The van der Waals surface area contributed by atoms with Crippen LogP contribution in [0.4, 0.5) is 17.3 Å². The van der Waals surface area contributed by atoms with Crippen molar-refractivity contribution in [2.75, 3.05) is 29.6 Å². The molecule has 1 atom stereocenters. The first-order valence-corrected chi connectivity index (χ1v) is 9.47. The Hall–Kier alpha value is -3.61. The highest BCUT2D eigenvalue weighted by atomic mass is 16.1. The molecule has 0 bridgehead atoms. The molecule has 1 aliphatic rings. The first kappa shape index (κ1) is 18.7. The summed E-state index contributed by atoms with van der Waals surface area (Å²) in [6, 6.07) is 15.5. The summed E-state index contributed by atoms with van der Waals surface area (Å²) < 4.78 is 1.75. The fourth-order valence-electron chi connectivity index (χ4n) is 3.55. The summed E-state index contributed by atoms with van der Waals surface area (Å²) in [7, 11) is 4.00. The third-order valence-electron chi connectivity index (χ3n) is 5.16. The Bertz CT molecular complexity index is 1080. The van der Waals surface area contributed by atoms with Gasteiger partial charge in [-0.05, 0) is 43.2 Å². The summed E-state index contributed by atoms with van der Waals surface area (Å²) in [4.78, 5) is 19.7. The van der Waals surface area contributed by atoms with Gasteiger partial charge < -0.3 is 15.5 Å². The molecule has 0 radical (unpaired) electrons. The number of benzene rings is 2. The van der Waals surface area contributed by atoms with Gasteiger partial charge in [-0.25, -0.2) is 4.68 Å². The fourth-order valence-corrected chi connectivity index (χ4v) is 3.55. The summed E-state index contributed by atoms with van der Waals surface area (Å²) in [5.74, 6) is 0.462. The number of carbonyl (C=O) groups excluding carboxylic acids is 1. The summed E-state index contributed by atoms with van der Waals surface area (Å²) in [6.45, 7) is 3.87. The molecular formula is C22H24N6O. The number of fused-ring (bicyclic) bond motifs is 1. The standard InChI is InChI=1S/C22H24N6O/c1-14-7-5-6-8-18(14)26-21(29)19-15(2)25-22-23-13-24-28(22)20(19)16-9-11-17(12-10-16)27(3)4/h5-13,20H,1-4H3,(H,26,29)(H,23,24,25). The molecular weight excluding hydrogens is 364 g/mol. The van der Waals surface area contributed by atoms with Gasteiger partial charge >= 0.3 is 0 Å². The second-order valence-corrected chi connectivity index (χ2v) is 7.35. The van der Waals surface area contributed by atoms with Gasteiger partial charge in [0.2, 0.25) is 5.95 Å². The van der Waals surface area contributed by atoms with Gasteiger partial charge in [0, 0.05) is 31.2 Å². The van der Waals surface area contributed by atoms with Gasteiger partial charge in [-0.1, -0.05) is 30.3 Å². The first-order chi connectivity index (χ1) is 14.0. The van der Waals surface area contributed by atoms with Crippen LogP contribution in [-0.2, 0) is 4.79 Å². The van der Waals surface area contributed by atoms with E-state index in [1.54, 1.807) is 4.68 Å². The topological polar surface area (TPSA) is 75.1 Å². The molecule has 2 N–H and O–H groups in total. The predicted octanol–water partition coefficient (Wildman–Crippen LogP) is 3.58. The summed E-state index contributed by atoms with van der Waals surface area (Å²) >= 11 is 0. The highest BCUT2D eigenvalue weighted by Gasteiger charge is 2.33. The number of para-hydroxylation sites is 1. The maximum atomic E-state index is 13.3. The van der Waals surface area contributed by atoms with Gasteiger partial charge in [0.15, 0.2) is 0 Å². The Balaban J connectivity index is 1.75. The number of hydrogen-bond donors (Lipinski definition) is 2. The maximum Gasteiger partial charge on any atom is 0.255 e. The third-order valence-corrected chi connectivity index (χ3v) is 5.16. The van der Waals surface area contributed by atoms with Crippen molar-refractivity contribution in [3.8, 4) is 0 Å². The van der Waals surface area contributed by atoms with E-state index in [0.29, 0.717) is 11.5 Å².